The van der Waals surface area contributed by atoms with Gasteiger partial charge in [0.1, 0.15) is 5.60 Å². The SMILES string of the molecule is OC1(c2ccc(Br)cc2)C=CCCC1. The zero-order valence-electron chi connectivity index (χ0n) is 7.91. The van der Waals surface area contributed by atoms with Gasteiger partial charge in [-0.2, -0.15) is 0 Å². The molecule has 0 spiro atoms. The van der Waals surface area contributed by atoms with Crippen LogP contribution in [-0.2, 0) is 5.60 Å². The van der Waals surface area contributed by atoms with Crippen molar-refractivity contribution in [1.82, 2.24) is 0 Å². The van der Waals surface area contributed by atoms with Gasteiger partial charge in [0.2, 0.25) is 0 Å². The van der Waals surface area contributed by atoms with Gasteiger partial charge in [0.25, 0.3) is 0 Å². The standard InChI is InChI=1S/C12H13BrO/c13-11-6-4-10(5-7-11)12(14)8-2-1-3-9-12/h2,4-8,14H,1,3,9H2. The Labute approximate surface area is 92.6 Å². The molecule has 2 heteroatoms. The fourth-order valence-corrected chi connectivity index (χ4v) is 2.09. The van der Waals surface area contributed by atoms with Crippen LogP contribution in [0.15, 0.2) is 40.9 Å². The van der Waals surface area contributed by atoms with Gasteiger partial charge in [-0.25, -0.2) is 0 Å². The van der Waals surface area contributed by atoms with Crippen LogP contribution in [0.2, 0.25) is 0 Å². The van der Waals surface area contributed by atoms with Gasteiger partial charge in [-0.15, -0.1) is 0 Å². The van der Waals surface area contributed by atoms with Gasteiger partial charge in [0, 0.05) is 4.47 Å². The molecule has 1 N–H and O–H groups in total. The molecule has 1 aromatic rings. The number of allylic oxidation sites excluding steroid dienone is 1. The minimum absolute atomic E-state index is 0.737. The highest BCUT2D eigenvalue weighted by atomic mass is 79.9. The van der Waals surface area contributed by atoms with Crippen LogP contribution in [0, 0.1) is 0 Å². The third-order valence-corrected chi connectivity index (χ3v) is 3.20. The number of benzene rings is 1. The second-order valence-corrected chi connectivity index (χ2v) is 4.64. The molecule has 0 fully saturated rings. The van der Waals surface area contributed by atoms with Gasteiger partial charge in [0.05, 0.1) is 0 Å². The van der Waals surface area contributed by atoms with E-state index in [2.05, 4.69) is 22.0 Å². The molecule has 2 rings (SSSR count). The third kappa shape index (κ3) is 1.91. The maximum absolute atomic E-state index is 10.3. The van der Waals surface area contributed by atoms with E-state index < -0.39 is 5.60 Å². The second kappa shape index (κ2) is 3.87. The fraction of sp³-hybridized carbons (Fsp3) is 0.333. The highest BCUT2D eigenvalue weighted by Gasteiger charge is 2.26. The van der Waals surface area contributed by atoms with E-state index in [1.165, 1.54) is 0 Å². The summed E-state index contributed by atoms with van der Waals surface area (Å²) in [6.07, 6.45) is 6.94. The molecule has 14 heavy (non-hydrogen) atoms. The summed E-state index contributed by atoms with van der Waals surface area (Å²) in [6.45, 7) is 0. The minimum Gasteiger partial charge on any atom is -0.381 e. The molecule has 0 aromatic heterocycles. The quantitative estimate of drug-likeness (QED) is 0.761. The molecule has 0 heterocycles. The van der Waals surface area contributed by atoms with Crippen molar-refractivity contribution >= 4 is 15.9 Å². The minimum atomic E-state index is -0.737. The summed E-state index contributed by atoms with van der Waals surface area (Å²) >= 11 is 3.39. The highest BCUT2D eigenvalue weighted by molar-refractivity contribution is 9.10. The Bertz CT molecular complexity index is 342. The van der Waals surface area contributed by atoms with E-state index in [1.807, 2.05) is 30.3 Å². The Morgan fingerprint density at radius 3 is 2.50 bits per heavy atom. The average Bonchev–Trinajstić information content (AvgIpc) is 2.19. The first-order chi connectivity index (χ1) is 6.71. The Kier molecular flexibility index (Phi) is 2.75. The lowest BCUT2D eigenvalue weighted by molar-refractivity contribution is 0.0726. The van der Waals surface area contributed by atoms with Crippen LogP contribution in [0.3, 0.4) is 0 Å². The number of halogens is 1. The van der Waals surface area contributed by atoms with E-state index in [0.717, 1.165) is 29.3 Å². The van der Waals surface area contributed by atoms with Crippen molar-refractivity contribution in [3.05, 3.63) is 46.5 Å². The topological polar surface area (TPSA) is 20.2 Å². The molecule has 1 aromatic carbocycles. The molecular formula is C12H13BrO. The molecule has 0 amide bonds. The van der Waals surface area contributed by atoms with Crippen LogP contribution >= 0.6 is 15.9 Å². The summed E-state index contributed by atoms with van der Waals surface area (Å²) in [5, 5.41) is 10.3. The lowest BCUT2D eigenvalue weighted by Gasteiger charge is -2.27. The number of hydrogen-bond donors (Lipinski definition) is 1. The van der Waals surface area contributed by atoms with Crippen LogP contribution in [0.1, 0.15) is 24.8 Å². The summed E-state index contributed by atoms with van der Waals surface area (Å²) in [7, 11) is 0. The van der Waals surface area contributed by atoms with Crippen LogP contribution in [0.25, 0.3) is 0 Å². The van der Waals surface area contributed by atoms with Crippen molar-refractivity contribution in [3.8, 4) is 0 Å². The molecule has 0 saturated carbocycles. The van der Waals surface area contributed by atoms with Crippen LogP contribution in [-0.4, -0.2) is 5.11 Å². The largest absolute Gasteiger partial charge is 0.381 e. The van der Waals surface area contributed by atoms with E-state index in [0.29, 0.717) is 0 Å². The Morgan fingerprint density at radius 2 is 1.93 bits per heavy atom. The van der Waals surface area contributed by atoms with Crippen molar-refractivity contribution in [2.45, 2.75) is 24.9 Å². The predicted octanol–water partition coefficient (Wildman–Crippen LogP) is 3.38. The molecule has 0 radical (unpaired) electrons. The maximum atomic E-state index is 10.3. The lowest BCUT2D eigenvalue weighted by Crippen LogP contribution is -2.24. The Morgan fingerprint density at radius 1 is 1.21 bits per heavy atom. The van der Waals surface area contributed by atoms with Crippen molar-refractivity contribution in [1.29, 1.82) is 0 Å². The molecule has 0 aliphatic heterocycles. The maximum Gasteiger partial charge on any atom is 0.108 e. The van der Waals surface area contributed by atoms with Gasteiger partial charge >= 0.3 is 0 Å². The summed E-state index contributed by atoms with van der Waals surface area (Å²) in [5.74, 6) is 0. The molecule has 1 aliphatic rings. The van der Waals surface area contributed by atoms with Gasteiger partial charge in [0.15, 0.2) is 0 Å². The molecule has 0 saturated heterocycles. The molecule has 1 atom stereocenters. The summed E-state index contributed by atoms with van der Waals surface area (Å²) in [5.41, 5.74) is 0.246. The first-order valence-electron chi connectivity index (χ1n) is 4.87. The van der Waals surface area contributed by atoms with E-state index in [1.54, 1.807) is 0 Å². The predicted molar refractivity (Wildman–Crippen MR) is 61.0 cm³/mol. The van der Waals surface area contributed by atoms with E-state index >= 15 is 0 Å². The highest BCUT2D eigenvalue weighted by Crippen LogP contribution is 2.32. The Balaban J connectivity index is 2.33. The van der Waals surface area contributed by atoms with Crippen LogP contribution in [0.5, 0.6) is 0 Å². The molecule has 0 bridgehead atoms. The number of aliphatic hydroxyl groups is 1. The molecule has 1 nitrogen and oxygen atoms in total. The number of rotatable bonds is 1. The van der Waals surface area contributed by atoms with Gasteiger partial charge < -0.3 is 5.11 Å². The smallest absolute Gasteiger partial charge is 0.108 e. The van der Waals surface area contributed by atoms with Crippen molar-refractivity contribution in [2.75, 3.05) is 0 Å². The fourth-order valence-electron chi connectivity index (χ4n) is 1.83. The molecule has 1 unspecified atom stereocenters. The zero-order chi connectivity index (χ0) is 10.0. The van der Waals surface area contributed by atoms with Gasteiger partial charge in [-0.1, -0.05) is 40.2 Å². The van der Waals surface area contributed by atoms with Crippen LogP contribution in [0.4, 0.5) is 0 Å². The first-order valence-corrected chi connectivity index (χ1v) is 5.66. The normalized spacial score (nSPS) is 26.4. The third-order valence-electron chi connectivity index (χ3n) is 2.67. The van der Waals surface area contributed by atoms with Crippen LogP contribution < -0.4 is 0 Å². The summed E-state index contributed by atoms with van der Waals surface area (Å²) in [4.78, 5) is 0. The van der Waals surface area contributed by atoms with Crippen molar-refractivity contribution < 1.29 is 5.11 Å². The van der Waals surface area contributed by atoms with Crippen molar-refractivity contribution in [2.24, 2.45) is 0 Å². The first kappa shape index (κ1) is 9.94. The lowest BCUT2D eigenvalue weighted by atomic mass is 9.85. The van der Waals surface area contributed by atoms with Gasteiger partial charge in [-0.05, 0) is 37.0 Å². The second-order valence-electron chi connectivity index (χ2n) is 3.73. The molecule has 74 valence electrons. The average molecular weight is 253 g/mol. The number of hydrogen-bond acceptors (Lipinski definition) is 1. The zero-order valence-corrected chi connectivity index (χ0v) is 9.50. The van der Waals surface area contributed by atoms with E-state index in [-0.39, 0.29) is 0 Å². The van der Waals surface area contributed by atoms with Crippen molar-refractivity contribution in [3.63, 3.8) is 0 Å². The van der Waals surface area contributed by atoms with E-state index in [4.69, 9.17) is 0 Å². The monoisotopic (exact) mass is 252 g/mol. The molecular weight excluding hydrogens is 240 g/mol. The molecule has 1 aliphatic carbocycles. The summed E-state index contributed by atoms with van der Waals surface area (Å²) in [6, 6.07) is 7.88. The van der Waals surface area contributed by atoms with Gasteiger partial charge in [-0.3, -0.25) is 0 Å². The van der Waals surface area contributed by atoms with E-state index in [9.17, 15) is 5.11 Å². The summed E-state index contributed by atoms with van der Waals surface area (Å²) < 4.78 is 1.05. The Hall–Kier alpha value is -0.600.